The third-order valence-electron chi connectivity index (χ3n) is 3.22. The van der Waals surface area contributed by atoms with Crippen LogP contribution in [0, 0.1) is 0 Å². The number of nitrogens with one attached hydrogen (secondary N) is 2. The fourth-order valence-corrected chi connectivity index (χ4v) is 1.89. The van der Waals surface area contributed by atoms with Gasteiger partial charge < -0.3 is 15.4 Å². The van der Waals surface area contributed by atoms with Gasteiger partial charge in [0.05, 0.1) is 19.6 Å². The largest absolute Gasteiger partial charge is 0.469 e. The summed E-state index contributed by atoms with van der Waals surface area (Å²) in [6, 6.07) is 7.37. The van der Waals surface area contributed by atoms with E-state index in [1.54, 1.807) is 0 Å². The molecule has 2 N–H and O–H groups in total. The molecule has 116 valence electrons. The molecule has 21 heavy (non-hydrogen) atoms. The van der Waals surface area contributed by atoms with E-state index in [1.807, 2.05) is 38.1 Å². The van der Waals surface area contributed by atoms with E-state index in [0.29, 0.717) is 13.1 Å². The number of ether oxygens (including phenoxy) is 1. The van der Waals surface area contributed by atoms with E-state index in [1.165, 1.54) is 7.11 Å². The summed E-state index contributed by atoms with van der Waals surface area (Å²) in [6.45, 7) is 5.06. The van der Waals surface area contributed by atoms with Gasteiger partial charge in [0, 0.05) is 13.1 Å². The Labute approximate surface area is 126 Å². The zero-order valence-corrected chi connectivity index (χ0v) is 12.9. The van der Waals surface area contributed by atoms with Crippen LogP contribution < -0.4 is 10.6 Å². The summed E-state index contributed by atoms with van der Waals surface area (Å²) in [5, 5.41) is 6.02. The van der Waals surface area contributed by atoms with Crippen LogP contribution in [0.3, 0.4) is 0 Å². The van der Waals surface area contributed by atoms with Crippen molar-refractivity contribution >= 4 is 11.9 Å². The fraction of sp³-hybridized carbons (Fsp3) is 0.500. The van der Waals surface area contributed by atoms with Crippen LogP contribution in [-0.4, -0.2) is 31.6 Å². The van der Waals surface area contributed by atoms with E-state index < -0.39 is 0 Å². The Bertz CT molecular complexity index is 474. The SMILES string of the molecule is CCCNC(=O)C(C)NCc1ccccc1CC(=O)OC. The van der Waals surface area contributed by atoms with Crippen molar-refractivity contribution in [1.29, 1.82) is 0 Å². The molecular formula is C16H24N2O3. The van der Waals surface area contributed by atoms with Crippen molar-refractivity contribution in [3.63, 3.8) is 0 Å². The second-order valence-corrected chi connectivity index (χ2v) is 4.92. The maximum Gasteiger partial charge on any atom is 0.309 e. The van der Waals surface area contributed by atoms with Crippen molar-refractivity contribution in [3.8, 4) is 0 Å². The van der Waals surface area contributed by atoms with Gasteiger partial charge in [-0.3, -0.25) is 9.59 Å². The standard InChI is InChI=1S/C16H24N2O3/c1-4-9-17-16(20)12(2)18-11-14-8-6-5-7-13(14)10-15(19)21-3/h5-8,12,18H,4,9-11H2,1-3H3,(H,17,20). The first-order valence-corrected chi connectivity index (χ1v) is 7.23. The molecule has 0 spiro atoms. The average molecular weight is 292 g/mol. The maximum absolute atomic E-state index is 11.8. The van der Waals surface area contributed by atoms with Crippen molar-refractivity contribution in [2.24, 2.45) is 0 Å². The van der Waals surface area contributed by atoms with Crippen molar-refractivity contribution in [2.75, 3.05) is 13.7 Å². The molecule has 0 bridgehead atoms. The Morgan fingerprint density at radius 2 is 1.90 bits per heavy atom. The highest BCUT2D eigenvalue weighted by molar-refractivity contribution is 5.81. The van der Waals surface area contributed by atoms with E-state index in [2.05, 4.69) is 10.6 Å². The number of methoxy groups -OCH3 is 1. The summed E-state index contributed by atoms with van der Waals surface area (Å²) >= 11 is 0. The molecule has 5 heteroatoms. The molecule has 5 nitrogen and oxygen atoms in total. The molecule has 0 saturated heterocycles. The van der Waals surface area contributed by atoms with Crippen LogP contribution in [-0.2, 0) is 27.3 Å². The number of benzene rings is 1. The fourth-order valence-electron chi connectivity index (χ4n) is 1.89. The monoisotopic (exact) mass is 292 g/mol. The summed E-state index contributed by atoms with van der Waals surface area (Å²) in [5.41, 5.74) is 1.91. The molecular weight excluding hydrogens is 268 g/mol. The Morgan fingerprint density at radius 1 is 1.24 bits per heavy atom. The molecule has 0 aliphatic carbocycles. The molecule has 0 saturated carbocycles. The smallest absolute Gasteiger partial charge is 0.309 e. The lowest BCUT2D eigenvalue weighted by Crippen LogP contribution is -2.42. The first kappa shape index (κ1) is 17.2. The number of carbonyl (C=O) groups excluding carboxylic acids is 2. The summed E-state index contributed by atoms with van der Waals surface area (Å²) in [5.74, 6) is -0.279. The van der Waals surface area contributed by atoms with Crippen LogP contribution >= 0.6 is 0 Å². The van der Waals surface area contributed by atoms with Crippen molar-refractivity contribution in [1.82, 2.24) is 10.6 Å². The highest BCUT2D eigenvalue weighted by Gasteiger charge is 2.13. The minimum atomic E-state index is -0.275. The van der Waals surface area contributed by atoms with Crippen LogP contribution in [0.5, 0.6) is 0 Å². The average Bonchev–Trinajstić information content (AvgIpc) is 2.51. The number of hydrogen-bond acceptors (Lipinski definition) is 4. The van der Waals surface area contributed by atoms with Crippen molar-refractivity contribution < 1.29 is 14.3 Å². The van der Waals surface area contributed by atoms with Gasteiger partial charge in [0.25, 0.3) is 0 Å². The van der Waals surface area contributed by atoms with E-state index in [4.69, 9.17) is 4.74 Å². The molecule has 0 aliphatic rings. The molecule has 0 fully saturated rings. The number of rotatable bonds is 8. The predicted octanol–water partition coefficient (Wildman–Crippen LogP) is 1.41. The Hall–Kier alpha value is -1.88. The van der Waals surface area contributed by atoms with Crippen molar-refractivity contribution in [2.45, 2.75) is 39.3 Å². The highest BCUT2D eigenvalue weighted by atomic mass is 16.5. The second-order valence-electron chi connectivity index (χ2n) is 4.92. The zero-order valence-electron chi connectivity index (χ0n) is 12.9. The van der Waals surface area contributed by atoms with E-state index in [0.717, 1.165) is 17.5 Å². The summed E-state index contributed by atoms with van der Waals surface area (Å²) in [6.07, 6.45) is 1.16. The number of carbonyl (C=O) groups is 2. The van der Waals surface area contributed by atoms with Crippen molar-refractivity contribution in [3.05, 3.63) is 35.4 Å². The Morgan fingerprint density at radius 3 is 2.52 bits per heavy atom. The first-order valence-electron chi connectivity index (χ1n) is 7.23. The van der Waals surface area contributed by atoms with Gasteiger partial charge in [-0.2, -0.15) is 0 Å². The van der Waals surface area contributed by atoms with Crippen LogP contribution in [0.25, 0.3) is 0 Å². The topological polar surface area (TPSA) is 67.4 Å². The lowest BCUT2D eigenvalue weighted by Gasteiger charge is -2.15. The lowest BCUT2D eigenvalue weighted by atomic mass is 10.0. The van der Waals surface area contributed by atoms with Crippen LogP contribution in [0.1, 0.15) is 31.4 Å². The van der Waals surface area contributed by atoms with E-state index in [9.17, 15) is 9.59 Å². The third kappa shape index (κ3) is 5.95. The molecule has 1 amide bonds. The lowest BCUT2D eigenvalue weighted by molar-refractivity contribution is -0.139. The quantitative estimate of drug-likeness (QED) is 0.711. The van der Waals surface area contributed by atoms with Gasteiger partial charge in [-0.15, -0.1) is 0 Å². The minimum Gasteiger partial charge on any atom is -0.469 e. The molecule has 1 atom stereocenters. The van der Waals surface area contributed by atoms with Crippen LogP contribution in [0.4, 0.5) is 0 Å². The van der Waals surface area contributed by atoms with Gasteiger partial charge in [0.15, 0.2) is 0 Å². The first-order chi connectivity index (χ1) is 10.1. The zero-order chi connectivity index (χ0) is 15.7. The Kier molecular flexibility index (Phi) is 7.46. The molecule has 1 aromatic carbocycles. The van der Waals surface area contributed by atoms with Gasteiger partial charge >= 0.3 is 5.97 Å². The number of esters is 1. The molecule has 1 unspecified atom stereocenters. The summed E-state index contributed by atoms with van der Waals surface area (Å²) < 4.78 is 4.69. The summed E-state index contributed by atoms with van der Waals surface area (Å²) in [4.78, 5) is 23.2. The summed E-state index contributed by atoms with van der Waals surface area (Å²) in [7, 11) is 1.38. The van der Waals surface area contributed by atoms with Gasteiger partial charge in [-0.25, -0.2) is 0 Å². The molecule has 1 aromatic rings. The van der Waals surface area contributed by atoms with Gasteiger partial charge in [-0.05, 0) is 24.5 Å². The Balaban J connectivity index is 2.58. The molecule has 1 rings (SSSR count). The van der Waals surface area contributed by atoms with Gasteiger partial charge in [-0.1, -0.05) is 31.2 Å². The molecule has 0 aromatic heterocycles. The van der Waals surface area contributed by atoms with E-state index in [-0.39, 0.29) is 24.3 Å². The minimum absolute atomic E-state index is 0.0118. The second kappa shape index (κ2) is 9.13. The molecule has 0 heterocycles. The highest BCUT2D eigenvalue weighted by Crippen LogP contribution is 2.10. The normalized spacial score (nSPS) is 11.8. The molecule has 0 aliphatic heterocycles. The van der Waals surface area contributed by atoms with E-state index >= 15 is 0 Å². The third-order valence-corrected chi connectivity index (χ3v) is 3.22. The predicted molar refractivity (Wildman–Crippen MR) is 81.8 cm³/mol. The number of hydrogen-bond donors (Lipinski definition) is 2. The molecule has 0 radical (unpaired) electrons. The van der Waals surface area contributed by atoms with Crippen LogP contribution in [0.2, 0.25) is 0 Å². The number of amides is 1. The van der Waals surface area contributed by atoms with Gasteiger partial charge in [0.1, 0.15) is 0 Å². The maximum atomic E-state index is 11.8. The van der Waals surface area contributed by atoms with Crippen LogP contribution in [0.15, 0.2) is 24.3 Å². The van der Waals surface area contributed by atoms with Gasteiger partial charge in [0.2, 0.25) is 5.91 Å².